The third kappa shape index (κ3) is 1.07. The number of ether oxygens (including phenoxy) is 1. The Kier molecular flexibility index (Phi) is 1.79. The van der Waals surface area contributed by atoms with Crippen LogP contribution in [0.25, 0.3) is 0 Å². The first-order valence-corrected chi connectivity index (χ1v) is 4.23. The lowest BCUT2D eigenvalue weighted by Gasteiger charge is -2.20. The molecule has 1 aliphatic heterocycles. The summed E-state index contributed by atoms with van der Waals surface area (Å²) in [5, 5.41) is 0. The zero-order valence-electron chi connectivity index (χ0n) is 6.35. The topological polar surface area (TPSA) is 26.3 Å². The predicted octanol–water partition coefficient (Wildman–Crippen LogP) is 1.72. The van der Waals surface area contributed by atoms with E-state index in [4.69, 9.17) is 4.74 Å². The molecule has 2 nitrogen and oxygen atoms in total. The van der Waals surface area contributed by atoms with E-state index in [0.29, 0.717) is 0 Å². The van der Waals surface area contributed by atoms with Crippen LogP contribution in [-0.4, -0.2) is 16.4 Å². The third-order valence-corrected chi connectivity index (χ3v) is 3.73. The van der Waals surface area contributed by atoms with Crippen LogP contribution in [0.3, 0.4) is 0 Å². The number of halogens is 1. The highest BCUT2D eigenvalue weighted by molar-refractivity contribution is 9.09. The van der Waals surface area contributed by atoms with Gasteiger partial charge in [0.1, 0.15) is 5.60 Å². The molecule has 1 fully saturated rings. The number of rotatable bonds is 0. The molecule has 0 bridgehead atoms. The van der Waals surface area contributed by atoms with E-state index in [0.717, 1.165) is 0 Å². The van der Waals surface area contributed by atoms with Crippen molar-refractivity contribution in [1.29, 1.82) is 0 Å². The normalized spacial score (nSPS) is 37.8. The van der Waals surface area contributed by atoms with Gasteiger partial charge in [0.25, 0.3) is 0 Å². The molecular formula is C7H11BrO2. The molecule has 0 aromatic carbocycles. The molecule has 0 spiro atoms. The average Bonchev–Trinajstić information content (AvgIpc) is 1.95. The summed E-state index contributed by atoms with van der Waals surface area (Å²) in [6.45, 7) is 5.69. The number of hydrogen-bond donors (Lipinski definition) is 0. The second-order valence-corrected chi connectivity index (χ2v) is 4.20. The van der Waals surface area contributed by atoms with Crippen molar-refractivity contribution < 1.29 is 9.53 Å². The van der Waals surface area contributed by atoms with Gasteiger partial charge >= 0.3 is 5.97 Å². The van der Waals surface area contributed by atoms with E-state index >= 15 is 0 Å². The van der Waals surface area contributed by atoms with Crippen molar-refractivity contribution in [3.63, 3.8) is 0 Å². The Hall–Kier alpha value is -0.0500. The molecule has 0 radical (unpaired) electrons. The second kappa shape index (κ2) is 2.22. The highest BCUT2D eigenvalue weighted by Crippen LogP contribution is 2.35. The number of carbonyl (C=O) groups excluding carboxylic acids is 1. The van der Waals surface area contributed by atoms with Gasteiger partial charge in [-0.2, -0.15) is 0 Å². The van der Waals surface area contributed by atoms with Gasteiger partial charge in [0.15, 0.2) is 0 Å². The first kappa shape index (κ1) is 8.05. The number of carbonyl (C=O) groups is 1. The molecule has 0 aromatic rings. The zero-order valence-corrected chi connectivity index (χ0v) is 7.94. The van der Waals surface area contributed by atoms with Crippen molar-refractivity contribution in [1.82, 2.24) is 0 Å². The minimum Gasteiger partial charge on any atom is -0.458 e. The van der Waals surface area contributed by atoms with Crippen molar-refractivity contribution in [2.24, 2.45) is 5.92 Å². The van der Waals surface area contributed by atoms with Gasteiger partial charge in [0.2, 0.25) is 0 Å². The van der Waals surface area contributed by atoms with Gasteiger partial charge in [0.05, 0.1) is 10.7 Å². The summed E-state index contributed by atoms with van der Waals surface area (Å²) in [4.78, 5) is 11.1. The molecule has 0 N–H and O–H groups in total. The van der Waals surface area contributed by atoms with Gasteiger partial charge in [-0.1, -0.05) is 22.9 Å². The molecular weight excluding hydrogens is 196 g/mol. The van der Waals surface area contributed by atoms with Crippen LogP contribution in [0.1, 0.15) is 20.8 Å². The summed E-state index contributed by atoms with van der Waals surface area (Å²) < 4.78 is 5.09. The summed E-state index contributed by atoms with van der Waals surface area (Å²) in [6, 6.07) is 0. The Balaban J connectivity index is 2.81. The summed E-state index contributed by atoms with van der Waals surface area (Å²) >= 11 is 3.42. The van der Waals surface area contributed by atoms with Gasteiger partial charge in [-0.15, -0.1) is 0 Å². The maximum absolute atomic E-state index is 10.9. The Labute approximate surface area is 69.1 Å². The zero-order chi connectivity index (χ0) is 7.94. The van der Waals surface area contributed by atoms with Crippen LogP contribution in [0.15, 0.2) is 0 Å². The second-order valence-electron chi connectivity index (χ2n) is 3.21. The minimum atomic E-state index is -0.337. The van der Waals surface area contributed by atoms with Crippen LogP contribution < -0.4 is 0 Å². The highest BCUT2D eigenvalue weighted by Gasteiger charge is 2.45. The SMILES string of the molecule is CC1C(=O)OC(C)(C)C1Br. The van der Waals surface area contributed by atoms with Crippen LogP contribution in [0.4, 0.5) is 0 Å². The molecule has 1 aliphatic rings. The Bertz CT molecular complexity index is 165. The van der Waals surface area contributed by atoms with Crippen LogP contribution >= 0.6 is 15.9 Å². The summed E-state index contributed by atoms with van der Waals surface area (Å²) in [6.07, 6.45) is 0. The minimum absolute atomic E-state index is 0.0185. The van der Waals surface area contributed by atoms with E-state index < -0.39 is 0 Å². The van der Waals surface area contributed by atoms with Crippen LogP contribution in [0, 0.1) is 5.92 Å². The van der Waals surface area contributed by atoms with Gasteiger partial charge in [-0.05, 0) is 13.8 Å². The number of esters is 1. The predicted molar refractivity (Wildman–Crippen MR) is 42.1 cm³/mol. The summed E-state index contributed by atoms with van der Waals surface area (Å²) in [7, 11) is 0. The average molecular weight is 207 g/mol. The lowest BCUT2D eigenvalue weighted by Crippen LogP contribution is -2.29. The molecule has 3 heteroatoms. The highest BCUT2D eigenvalue weighted by atomic mass is 79.9. The van der Waals surface area contributed by atoms with Crippen LogP contribution in [-0.2, 0) is 9.53 Å². The smallest absolute Gasteiger partial charge is 0.310 e. The van der Waals surface area contributed by atoms with Gasteiger partial charge in [0, 0.05) is 0 Å². The number of cyclic esters (lactones) is 1. The van der Waals surface area contributed by atoms with Crippen molar-refractivity contribution in [3.8, 4) is 0 Å². The molecule has 0 aromatic heterocycles. The van der Waals surface area contributed by atoms with Crippen molar-refractivity contribution >= 4 is 21.9 Å². The maximum Gasteiger partial charge on any atom is 0.310 e. The molecule has 58 valence electrons. The first-order chi connectivity index (χ1) is 4.45. The standard InChI is InChI=1S/C7H11BrO2/c1-4-5(8)7(2,3)10-6(4)9/h4-5H,1-3H3. The van der Waals surface area contributed by atoms with E-state index in [9.17, 15) is 4.79 Å². The molecule has 0 saturated carbocycles. The van der Waals surface area contributed by atoms with E-state index in [-0.39, 0.29) is 22.3 Å². The van der Waals surface area contributed by atoms with Crippen molar-refractivity contribution in [2.75, 3.05) is 0 Å². The molecule has 10 heavy (non-hydrogen) atoms. The fraction of sp³-hybridized carbons (Fsp3) is 0.857. The van der Waals surface area contributed by atoms with Gasteiger partial charge in [-0.25, -0.2) is 0 Å². The lowest BCUT2D eigenvalue weighted by atomic mass is 9.99. The molecule has 0 aliphatic carbocycles. The quantitative estimate of drug-likeness (QED) is 0.446. The van der Waals surface area contributed by atoms with E-state index in [1.807, 2.05) is 20.8 Å². The van der Waals surface area contributed by atoms with Gasteiger partial charge in [-0.3, -0.25) is 4.79 Å². The first-order valence-electron chi connectivity index (χ1n) is 3.32. The van der Waals surface area contributed by atoms with E-state index in [2.05, 4.69) is 15.9 Å². The Morgan fingerprint density at radius 2 is 2.10 bits per heavy atom. The molecule has 0 amide bonds. The summed E-state index contributed by atoms with van der Waals surface area (Å²) in [5.74, 6) is -0.123. The third-order valence-electron chi connectivity index (χ3n) is 1.84. The molecule has 1 heterocycles. The van der Waals surface area contributed by atoms with Crippen LogP contribution in [0.2, 0.25) is 0 Å². The van der Waals surface area contributed by atoms with Crippen LogP contribution in [0.5, 0.6) is 0 Å². The number of alkyl halides is 1. The largest absolute Gasteiger partial charge is 0.458 e. The van der Waals surface area contributed by atoms with Crippen molar-refractivity contribution in [3.05, 3.63) is 0 Å². The Morgan fingerprint density at radius 3 is 2.20 bits per heavy atom. The lowest BCUT2D eigenvalue weighted by molar-refractivity contribution is -0.148. The van der Waals surface area contributed by atoms with E-state index in [1.165, 1.54) is 0 Å². The number of hydrogen-bond acceptors (Lipinski definition) is 2. The Morgan fingerprint density at radius 1 is 1.60 bits per heavy atom. The molecule has 1 saturated heterocycles. The molecule has 1 rings (SSSR count). The molecule has 2 unspecified atom stereocenters. The maximum atomic E-state index is 10.9. The fourth-order valence-corrected chi connectivity index (χ4v) is 1.44. The van der Waals surface area contributed by atoms with Gasteiger partial charge < -0.3 is 4.74 Å². The van der Waals surface area contributed by atoms with Crippen molar-refractivity contribution in [2.45, 2.75) is 31.2 Å². The summed E-state index contributed by atoms with van der Waals surface area (Å²) in [5.41, 5.74) is -0.337. The molecule has 2 atom stereocenters. The van der Waals surface area contributed by atoms with E-state index in [1.54, 1.807) is 0 Å². The monoisotopic (exact) mass is 206 g/mol. The fourth-order valence-electron chi connectivity index (χ4n) is 1.13.